The quantitative estimate of drug-likeness (QED) is 0.686. The highest BCUT2D eigenvalue weighted by Gasteiger charge is 2.24. The third-order valence-electron chi connectivity index (χ3n) is 3.19. The molecule has 0 aliphatic heterocycles. The molecule has 1 unspecified atom stereocenters. The number of Topliss-reactive ketones (excluding diaryl/α,β-unsaturated/α-hetero) is 1. The van der Waals surface area contributed by atoms with Crippen LogP contribution in [-0.4, -0.2) is 29.8 Å². The average Bonchev–Trinajstić information content (AvgIpc) is 2.38. The van der Waals surface area contributed by atoms with Crippen molar-refractivity contribution in [2.45, 2.75) is 40.2 Å². The maximum atomic E-state index is 12.5. The molecule has 0 saturated carbocycles. The van der Waals surface area contributed by atoms with E-state index < -0.39 is 0 Å². The van der Waals surface area contributed by atoms with E-state index in [2.05, 4.69) is 32.6 Å². The second-order valence-electron chi connectivity index (χ2n) is 5.14. The van der Waals surface area contributed by atoms with Crippen LogP contribution >= 0.6 is 0 Å². The van der Waals surface area contributed by atoms with Crippen molar-refractivity contribution in [2.24, 2.45) is 5.92 Å². The molecule has 0 aliphatic rings. The summed E-state index contributed by atoms with van der Waals surface area (Å²) in [5.74, 6) is 0.836. The summed E-state index contributed by atoms with van der Waals surface area (Å²) in [5.41, 5.74) is 0.826. The topological polar surface area (TPSA) is 20.3 Å². The highest BCUT2D eigenvalue weighted by Crippen LogP contribution is 2.14. The molecular weight excluding hydrogens is 222 g/mol. The van der Waals surface area contributed by atoms with Gasteiger partial charge in [0.1, 0.15) is 0 Å². The predicted octanol–water partition coefficient (Wildman–Crippen LogP) is 3.63. The van der Waals surface area contributed by atoms with E-state index in [4.69, 9.17) is 0 Å². The Morgan fingerprint density at radius 1 is 1.17 bits per heavy atom. The lowest BCUT2D eigenvalue weighted by Gasteiger charge is -2.30. The largest absolute Gasteiger partial charge is 0.293 e. The van der Waals surface area contributed by atoms with E-state index in [0.717, 1.165) is 25.1 Å². The zero-order valence-corrected chi connectivity index (χ0v) is 12.0. The van der Waals surface area contributed by atoms with E-state index in [-0.39, 0.29) is 11.8 Å². The van der Waals surface area contributed by atoms with Crippen LogP contribution in [-0.2, 0) is 0 Å². The van der Waals surface area contributed by atoms with E-state index in [0.29, 0.717) is 5.92 Å². The summed E-state index contributed by atoms with van der Waals surface area (Å²) in [6.45, 7) is 10.5. The number of hydrogen-bond donors (Lipinski definition) is 0. The van der Waals surface area contributed by atoms with E-state index in [9.17, 15) is 4.79 Å². The van der Waals surface area contributed by atoms with E-state index >= 15 is 0 Å². The molecule has 1 aromatic rings. The minimum absolute atomic E-state index is 0.0137. The van der Waals surface area contributed by atoms with E-state index in [1.807, 2.05) is 30.3 Å². The predicted molar refractivity (Wildman–Crippen MR) is 76.9 cm³/mol. The second kappa shape index (κ2) is 7.32. The Labute approximate surface area is 111 Å². The summed E-state index contributed by atoms with van der Waals surface area (Å²) < 4.78 is 0. The highest BCUT2D eigenvalue weighted by atomic mass is 16.1. The maximum absolute atomic E-state index is 12.5. The first-order chi connectivity index (χ1) is 8.60. The van der Waals surface area contributed by atoms with Crippen LogP contribution in [0.4, 0.5) is 0 Å². The van der Waals surface area contributed by atoms with E-state index in [1.54, 1.807) is 0 Å². The molecular formula is C16H25NO. The number of nitrogens with zero attached hydrogens (tertiary/aromatic N) is 1. The van der Waals surface area contributed by atoms with Crippen LogP contribution in [0.5, 0.6) is 0 Å². The zero-order chi connectivity index (χ0) is 13.5. The van der Waals surface area contributed by atoms with Crippen LogP contribution in [0.1, 0.15) is 44.5 Å². The van der Waals surface area contributed by atoms with Crippen molar-refractivity contribution in [2.75, 3.05) is 13.1 Å². The SMILES string of the molecule is CCC(C(=O)c1ccccc1)N(CC)CC(C)C. The molecule has 0 aromatic heterocycles. The Morgan fingerprint density at radius 3 is 2.22 bits per heavy atom. The van der Waals surface area contributed by atoms with Gasteiger partial charge in [-0.25, -0.2) is 0 Å². The van der Waals surface area contributed by atoms with Crippen molar-refractivity contribution < 1.29 is 4.79 Å². The number of carbonyl (C=O) groups excluding carboxylic acids is 1. The van der Waals surface area contributed by atoms with Crippen LogP contribution in [0.25, 0.3) is 0 Å². The first-order valence-electron chi connectivity index (χ1n) is 6.93. The molecule has 0 N–H and O–H groups in total. The first-order valence-corrected chi connectivity index (χ1v) is 6.93. The smallest absolute Gasteiger partial charge is 0.179 e. The molecule has 1 atom stereocenters. The number of benzene rings is 1. The third-order valence-corrected chi connectivity index (χ3v) is 3.19. The van der Waals surface area contributed by atoms with Gasteiger partial charge in [0.05, 0.1) is 6.04 Å². The van der Waals surface area contributed by atoms with Gasteiger partial charge in [0.15, 0.2) is 5.78 Å². The molecule has 18 heavy (non-hydrogen) atoms. The van der Waals surface area contributed by atoms with Gasteiger partial charge in [-0.05, 0) is 18.9 Å². The van der Waals surface area contributed by atoms with Crippen molar-refractivity contribution >= 4 is 5.78 Å². The van der Waals surface area contributed by atoms with Crippen LogP contribution in [0.15, 0.2) is 30.3 Å². The minimum atomic E-state index is 0.0137. The van der Waals surface area contributed by atoms with Gasteiger partial charge in [0.2, 0.25) is 0 Å². The van der Waals surface area contributed by atoms with Gasteiger partial charge >= 0.3 is 0 Å². The minimum Gasteiger partial charge on any atom is -0.293 e. The summed E-state index contributed by atoms with van der Waals surface area (Å²) in [4.78, 5) is 14.8. The number of hydrogen-bond acceptors (Lipinski definition) is 2. The Balaban J connectivity index is 2.84. The first kappa shape index (κ1) is 14.9. The fourth-order valence-corrected chi connectivity index (χ4v) is 2.35. The third kappa shape index (κ3) is 3.95. The molecule has 0 saturated heterocycles. The summed E-state index contributed by atoms with van der Waals surface area (Å²) in [7, 11) is 0. The number of ketones is 1. The van der Waals surface area contributed by atoms with Gasteiger partial charge in [0, 0.05) is 12.1 Å². The fourth-order valence-electron chi connectivity index (χ4n) is 2.35. The monoisotopic (exact) mass is 247 g/mol. The second-order valence-corrected chi connectivity index (χ2v) is 5.14. The van der Waals surface area contributed by atoms with E-state index in [1.165, 1.54) is 0 Å². The Kier molecular flexibility index (Phi) is 6.06. The molecule has 0 radical (unpaired) electrons. The molecule has 1 rings (SSSR count). The van der Waals surface area contributed by atoms with Gasteiger partial charge in [-0.3, -0.25) is 9.69 Å². The van der Waals surface area contributed by atoms with Gasteiger partial charge in [-0.2, -0.15) is 0 Å². The van der Waals surface area contributed by atoms with Crippen molar-refractivity contribution in [1.29, 1.82) is 0 Å². The number of carbonyl (C=O) groups is 1. The summed E-state index contributed by atoms with van der Waals surface area (Å²) in [6, 6.07) is 9.64. The van der Waals surface area contributed by atoms with Gasteiger partial charge < -0.3 is 0 Å². The normalized spacial score (nSPS) is 13.0. The molecule has 0 aliphatic carbocycles. The lowest BCUT2D eigenvalue weighted by atomic mass is 9.99. The van der Waals surface area contributed by atoms with Gasteiger partial charge in [-0.1, -0.05) is 58.0 Å². The molecule has 0 fully saturated rings. The maximum Gasteiger partial charge on any atom is 0.179 e. The molecule has 0 amide bonds. The van der Waals surface area contributed by atoms with Crippen molar-refractivity contribution in [1.82, 2.24) is 4.90 Å². The van der Waals surface area contributed by atoms with Crippen molar-refractivity contribution in [3.63, 3.8) is 0 Å². The van der Waals surface area contributed by atoms with Gasteiger partial charge in [0.25, 0.3) is 0 Å². The van der Waals surface area contributed by atoms with Crippen molar-refractivity contribution in [3.8, 4) is 0 Å². The van der Waals surface area contributed by atoms with Gasteiger partial charge in [-0.15, -0.1) is 0 Å². The zero-order valence-electron chi connectivity index (χ0n) is 12.0. The summed E-state index contributed by atoms with van der Waals surface area (Å²) >= 11 is 0. The van der Waals surface area contributed by atoms with Crippen molar-refractivity contribution in [3.05, 3.63) is 35.9 Å². The van der Waals surface area contributed by atoms with Crippen LogP contribution in [0.2, 0.25) is 0 Å². The number of likely N-dealkylation sites (N-methyl/N-ethyl adjacent to an activating group) is 1. The molecule has 0 bridgehead atoms. The Bertz CT molecular complexity index is 359. The van der Waals surface area contributed by atoms with Crippen LogP contribution in [0, 0.1) is 5.92 Å². The molecule has 1 aromatic carbocycles. The summed E-state index contributed by atoms with van der Waals surface area (Å²) in [5, 5.41) is 0. The molecule has 2 nitrogen and oxygen atoms in total. The van der Waals surface area contributed by atoms with Crippen LogP contribution < -0.4 is 0 Å². The molecule has 100 valence electrons. The number of rotatable bonds is 7. The highest BCUT2D eigenvalue weighted by molar-refractivity contribution is 6.00. The molecule has 0 heterocycles. The Morgan fingerprint density at radius 2 is 1.78 bits per heavy atom. The summed E-state index contributed by atoms with van der Waals surface area (Å²) in [6.07, 6.45) is 0.869. The lowest BCUT2D eigenvalue weighted by molar-refractivity contribution is 0.0801. The fraction of sp³-hybridized carbons (Fsp3) is 0.562. The van der Waals surface area contributed by atoms with Crippen LogP contribution in [0.3, 0.4) is 0 Å². The lowest BCUT2D eigenvalue weighted by Crippen LogP contribution is -2.42. The molecule has 0 spiro atoms. The standard InChI is InChI=1S/C16H25NO/c1-5-15(17(6-2)12-13(3)4)16(18)14-10-8-7-9-11-14/h7-11,13,15H,5-6,12H2,1-4H3. The Hall–Kier alpha value is -1.15. The molecule has 2 heteroatoms. The average molecular weight is 247 g/mol.